The van der Waals surface area contributed by atoms with Crippen LogP contribution >= 0.6 is 0 Å². The van der Waals surface area contributed by atoms with Gasteiger partial charge >= 0.3 is 18.6 Å². The zero-order chi connectivity index (χ0) is 18.1. The topological polar surface area (TPSA) is 84.9 Å². The third-order valence-corrected chi connectivity index (χ3v) is 3.91. The van der Waals surface area contributed by atoms with Crippen LogP contribution in [0.2, 0.25) is 0 Å². The van der Waals surface area contributed by atoms with E-state index in [1.54, 1.807) is 0 Å². The molecule has 0 saturated heterocycles. The first-order valence-electron chi connectivity index (χ1n) is 7.17. The molecule has 25 heavy (non-hydrogen) atoms. The highest BCUT2D eigenvalue weighted by atomic mass is 19.3. The number of cyclic esters (lactones) is 1. The van der Waals surface area contributed by atoms with Crippen LogP contribution in [0.3, 0.4) is 0 Å². The van der Waals surface area contributed by atoms with Gasteiger partial charge in [0.25, 0.3) is 0 Å². The molecular formula is C16H12F3NO5. The molecule has 0 saturated carbocycles. The lowest BCUT2D eigenvalue weighted by molar-refractivity contribution is -0.136. The summed E-state index contributed by atoms with van der Waals surface area (Å²) < 4.78 is 48.1. The highest BCUT2D eigenvalue weighted by Gasteiger charge is 2.43. The molecule has 0 bridgehead atoms. The summed E-state index contributed by atoms with van der Waals surface area (Å²) in [6.45, 7) is -4.47. The molecule has 1 aromatic carbocycles. The molecule has 1 unspecified atom stereocenters. The second kappa shape index (κ2) is 6.50. The Balaban J connectivity index is 2.21. The summed E-state index contributed by atoms with van der Waals surface area (Å²) in [7, 11) is 0. The highest BCUT2D eigenvalue weighted by Crippen LogP contribution is 2.44. The number of carbonyl (C=O) groups excluding carboxylic acids is 1. The third kappa shape index (κ3) is 2.92. The summed E-state index contributed by atoms with van der Waals surface area (Å²) in [5, 5.41) is 12.1. The van der Waals surface area contributed by atoms with Gasteiger partial charge in [-0.15, -0.1) is 0 Å². The fourth-order valence-corrected chi connectivity index (χ4v) is 2.97. The molecule has 132 valence electrons. The maximum Gasteiger partial charge on any atom is 0.387 e. The van der Waals surface area contributed by atoms with Crippen molar-refractivity contribution in [3.8, 4) is 5.75 Å². The van der Waals surface area contributed by atoms with Gasteiger partial charge in [0, 0.05) is 5.56 Å². The highest BCUT2D eigenvalue weighted by molar-refractivity contribution is 6.00. The Morgan fingerprint density at radius 3 is 2.76 bits per heavy atom. The van der Waals surface area contributed by atoms with E-state index in [-0.39, 0.29) is 34.9 Å². The predicted octanol–water partition coefficient (Wildman–Crippen LogP) is 2.09. The van der Waals surface area contributed by atoms with Crippen LogP contribution in [0, 0.1) is 0 Å². The second-order valence-electron chi connectivity index (χ2n) is 5.27. The molecule has 2 N–H and O–H groups in total. The van der Waals surface area contributed by atoms with Gasteiger partial charge in [-0.2, -0.15) is 8.78 Å². The lowest BCUT2D eigenvalue weighted by Gasteiger charge is -2.28. The molecule has 0 fully saturated rings. The number of hydrogen-bond acceptors (Lipinski definition) is 5. The summed E-state index contributed by atoms with van der Waals surface area (Å²) in [6.07, 6.45) is 0. The zero-order valence-electron chi connectivity index (χ0n) is 12.6. The number of carboxylic acids is 1. The molecular weight excluding hydrogens is 343 g/mol. The number of allylic oxidation sites excluding steroid dienone is 1. The van der Waals surface area contributed by atoms with Crippen LogP contribution in [0.1, 0.15) is 11.5 Å². The Bertz CT molecular complexity index is 803. The van der Waals surface area contributed by atoms with E-state index in [2.05, 4.69) is 10.1 Å². The molecule has 6 nitrogen and oxygen atoms in total. The molecule has 0 aromatic heterocycles. The largest absolute Gasteiger partial charge is 0.478 e. The number of aliphatic carboxylic acids is 1. The van der Waals surface area contributed by atoms with E-state index < -0.39 is 36.7 Å². The molecule has 2 heterocycles. The van der Waals surface area contributed by atoms with Crippen LogP contribution in [0.4, 0.5) is 13.2 Å². The van der Waals surface area contributed by atoms with Crippen molar-refractivity contribution in [2.45, 2.75) is 12.5 Å². The van der Waals surface area contributed by atoms with Crippen LogP contribution in [0.15, 0.2) is 46.8 Å². The van der Waals surface area contributed by atoms with Crippen molar-refractivity contribution < 1.29 is 37.3 Å². The van der Waals surface area contributed by atoms with Crippen molar-refractivity contribution in [1.82, 2.24) is 5.32 Å². The van der Waals surface area contributed by atoms with Gasteiger partial charge in [-0.05, 0) is 6.07 Å². The number of alkyl halides is 3. The third-order valence-electron chi connectivity index (χ3n) is 3.91. The van der Waals surface area contributed by atoms with Crippen LogP contribution in [0.25, 0.3) is 0 Å². The first kappa shape index (κ1) is 16.9. The molecule has 1 atom stereocenters. The number of ether oxygens (including phenoxy) is 2. The van der Waals surface area contributed by atoms with Gasteiger partial charge in [0.2, 0.25) is 0 Å². The number of carbonyl (C=O) groups is 2. The van der Waals surface area contributed by atoms with Gasteiger partial charge in [0.05, 0.1) is 28.5 Å². The number of nitrogens with one attached hydrogen (secondary N) is 1. The Kier molecular flexibility index (Phi) is 4.39. The quantitative estimate of drug-likeness (QED) is 0.787. The second-order valence-corrected chi connectivity index (χ2v) is 5.27. The van der Waals surface area contributed by atoms with Crippen molar-refractivity contribution in [3.63, 3.8) is 0 Å². The lowest BCUT2D eigenvalue weighted by atomic mass is 9.80. The molecule has 0 aliphatic carbocycles. The normalized spacial score (nSPS) is 19.7. The molecule has 2 aliphatic heterocycles. The minimum absolute atomic E-state index is 0.0130. The first-order chi connectivity index (χ1) is 11.9. The SMILES string of the molecule is O=C(O)C1=C(CF)NC2=C(C(=O)OC2)C1c1ccccc1OC(F)F. The van der Waals surface area contributed by atoms with Crippen LogP contribution < -0.4 is 10.1 Å². The number of rotatable bonds is 5. The fourth-order valence-electron chi connectivity index (χ4n) is 2.97. The number of carboxylic acid groups (broad SMARTS) is 1. The van der Waals surface area contributed by atoms with Crippen LogP contribution in [0.5, 0.6) is 5.75 Å². The maximum absolute atomic E-state index is 13.4. The van der Waals surface area contributed by atoms with Gasteiger partial charge in [-0.3, -0.25) is 0 Å². The van der Waals surface area contributed by atoms with E-state index in [0.29, 0.717) is 0 Å². The van der Waals surface area contributed by atoms with Crippen molar-refractivity contribution in [1.29, 1.82) is 0 Å². The van der Waals surface area contributed by atoms with E-state index in [0.717, 1.165) is 0 Å². The van der Waals surface area contributed by atoms with Gasteiger partial charge < -0.3 is 19.9 Å². The van der Waals surface area contributed by atoms with Crippen LogP contribution in [-0.2, 0) is 14.3 Å². The number of hydrogen-bond donors (Lipinski definition) is 2. The number of benzene rings is 1. The zero-order valence-corrected chi connectivity index (χ0v) is 12.6. The van der Waals surface area contributed by atoms with E-state index in [9.17, 15) is 27.9 Å². The minimum atomic E-state index is -3.15. The Hall–Kier alpha value is -2.97. The molecule has 9 heteroatoms. The van der Waals surface area contributed by atoms with Gasteiger partial charge in [0.15, 0.2) is 0 Å². The monoisotopic (exact) mass is 355 g/mol. The lowest BCUT2D eigenvalue weighted by Crippen LogP contribution is -2.31. The van der Waals surface area contributed by atoms with Gasteiger partial charge in [-0.25, -0.2) is 14.0 Å². The van der Waals surface area contributed by atoms with Crippen molar-refractivity contribution in [3.05, 3.63) is 52.4 Å². The van der Waals surface area contributed by atoms with Crippen molar-refractivity contribution in [2.24, 2.45) is 0 Å². The molecule has 2 aliphatic rings. The molecule has 0 amide bonds. The van der Waals surface area contributed by atoms with Crippen LogP contribution in [-0.4, -0.2) is 36.9 Å². The van der Waals surface area contributed by atoms with Gasteiger partial charge in [-0.1, -0.05) is 18.2 Å². The fraction of sp³-hybridized carbons (Fsp3) is 0.250. The van der Waals surface area contributed by atoms with E-state index in [1.165, 1.54) is 24.3 Å². The number of para-hydroxylation sites is 1. The predicted molar refractivity (Wildman–Crippen MR) is 77.6 cm³/mol. The molecule has 0 radical (unpaired) electrons. The molecule has 1 aromatic rings. The summed E-state index contributed by atoms with van der Waals surface area (Å²) in [5.74, 6) is -3.86. The first-order valence-corrected chi connectivity index (χ1v) is 7.17. The van der Waals surface area contributed by atoms with Gasteiger partial charge in [0.1, 0.15) is 19.0 Å². The summed E-state index contributed by atoms with van der Waals surface area (Å²) in [5.41, 5.74) is -0.551. The maximum atomic E-state index is 13.4. The average molecular weight is 355 g/mol. The Labute approximate surface area is 139 Å². The standard InChI is InChI=1S/C16H12F3NO5/c17-5-8-12(14(21)22)11(13-9(20-8)6-24-15(13)23)7-3-1-2-4-10(7)25-16(18)19/h1-4,11,16,20H,5-6H2,(H,21,22). The number of esters is 1. The number of dihydropyridines is 1. The Morgan fingerprint density at radius 2 is 2.12 bits per heavy atom. The van der Waals surface area contributed by atoms with E-state index in [1.807, 2.05) is 0 Å². The Morgan fingerprint density at radius 1 is 1.40 bits per heavy atom. The number of halogens is 3. The smallest absolute Gasteiger partial charge is 0.387 e. The van der Waals surface area contributed by atoms with E-state index in [4.69, 9.17) is 4.74 Å². The van der Waals surface area contributed by atoms with E-state index >= 15 is 0 Å². The average Bonchev–Trinajstić information content (AvgIpc) is 2.94. The van der Waals surface area contributed by atoms with Crippen molar-refractivity contribution >= 4 is 11.9 Å². The van der Waals surface area contributed by atoms with Crippen molar-refractivity contribution in [2.75, 3.05) is 13.3 Å². The molecule has 3 rings (SSSR count). The summed E-state index contributed by atoms with van der Waals surface area (Å²) >= 11 is 0. The summed E-state index contributed by atoms with van der Waals surface area (Å²) in [4.78, 5) is 23.8. The minimum Gasteiger partial charge on any atom is -0.478 e. The molecule has 0 spiro atoms. The summed E-state index contributed by atoms with van der Waals surface area (Å²) in [6, 6.07) is 5.47.